The minimum atomic E-state index is 0.418. The zero-order valence-electron chi connectivity index (χ0n) is 15.6. The number of benzene rings is 2. The van der Waals surface area contributed by atoms with Gasteiger partial charge in [0.25, 0.3) is 0 Å². The van der Waals surface area contributed by atoms with Gasteiger partial charge in [0.15, 0.2) is 0 Å². The molecule has 4 rings (SSSR count). The van der Waals surface area contributed by atoms with E-state index in [9.17, 15) is 5.26 Å². The van der Waals surface area contributed by atoms with Crippen molar-refractivity contribution in [1.82, 2.24) is 4.90 Å². The molecule has 0 bridgehead atoms. The summed E-state index contributed by atoms with van der Waals surface area (Å²) in [5.74, 6) is 0.637. The van der Waals surface area contributed by atoms with Gasteiger partial charge in [-0.05, 0) is 44.1 Å². The lowest BCUT2D eigenvalue weighted by Crippen LogP contribution is -2.40. The van der Waals surface area contributed by atoms with Crippen molar-refractivity contribution in [3.63, 3.8) is 0 Å². The summed E-state index contributed by atoms with van der Waals surface area (Å²) < 4.78 is 6.28. The maximum atomic E-state index is 9.33. The van der Waals surface area contributed by atoms with Gasteiger partial charge in [0, 0.05) is 28.8 Å². The molecule has 0 amide bonds. The van der Waals surface area contributed by atoms with Crippen molar-refractivity contribution in [2.24, 2.45) is 4.99 Å². The van der Waals surface area contributed by atoms with Crippen LogP contribution < -0.4 is 0 Å². The first-order valence-electron chi connectivity index (χ1n) is 9.48. The SMILES string of the molecule is CN1CCCCC1COC1=Nc2ccccc2/C(=C/C#N)c2ccccc21. The minimum absolute atomic E-state index is 0.418. The van der Waals surface area contributed by atoms with Gasteiger partial charge < -0.3 is 9.64 Å². The molecule has 136 valence electrons. The van der Waals surface area contributed by atoms with Crippen LogP contribution in [0.2, 0.25) is 0 Å². The van der Waals surface area contributed by atoms with Crippen LogP contribution in [-0.2, 0) is 4.74 Å². The summed E-state index contributed by atoms with van der Waals surface area (Å²) in [7, 11) is 2.17. The number of hydrogen-bond donors (Lipinski definition) is 0. The average Bonchev–Trinajstić information content (AvgIpc) is 2.83. The highest BCUT2D eigenvalue weighted by Crippen LogP contribution is 2.36. The molecule has 0 aliphatic carbocycles. The Balaban J connectivity index is 1.74. The Morgan fingerprint density at radius 2 is 1.85 bits per heavy atom. The van der Waals surface area contributed by atoms with E-state index in [1.54, 1.807) is 6.08 Å². The second-order valence-electron chi connectivity index (χ2n) is 7.11. The second kappa shape index (κ2) is 7.77. The van der Waals surface area contributed by atoms with Crippen LogP contribution in [0.1, 0.15) is 36.0 Å². The number of likely N-dealkylation sites (N-methyl/N-ethyl adjacent to an activating group) is 1. The molecule has 2 aliphatic rings. The van der Waals surface area contributed by atoms with Crippen molar-refractivity contribution in [2.45, 2.75) is 25.3 Å². The third-order valence-corrected chi connectivity index (χ3v) is 5.41. The Bertz CT molecular complexity index is 939. The number of hydrogen-bond acceptors (Lipinski definition) is 4. The molecule has 0 spiro atoms. The lowest BCUT2D eigenvalue weighted by molar-refractivity contribution is 0.120. The molecule has 1 atom stereocenters. The van der Waals surface area contributed by atoms with Crippen LogP contribution in [0.3, 0.4) is 0 Å². The van der Waals surface area contributed by atoms with Gasteiger partial charge in [0.05, 0.1) is 11.8 Å². The molecule has 1 unspecified atom stereocenters. The van der Waals surface area contributed by atoms with Crippen molar-refractivity contribution in [3.8, 4) is 6.07 Å². The van der Waals surface area contributed by atoms with Crippen LogP contribution in [0.25, 0.3) is 5.57 Å². The van der Waals surface area contributed by atoms with Gasteiger partial charge in [-0.15, -0.1) is 0 Å². The molecule has 4 heteroatoms. The van der Waals surface area contributed by atoms with E-state index >= 15 is 0 Å². The predicted molar refractivity (Wildman–Crippen MR) is 108 cm³/mol. The first kappa shape index (κ1) is 17.5. The first-order valence-corrected chi connectivity index (χ1v) is 9.48. The normalized spacial score (nSPS) is 20.8. The Hall–Kier alpha value is -2.90. The molecule has 2 aliphatic heterocycles. The van der Waals surface area contributed by atoms with Crippen molar-refractivity contribution >= 4 is 17.2 Å². The average molecular weight is 357 g/mol. The van der Waals surface area contributed by atoms with Crippen LogP contribution >= 0.6 is 0 Å². The Morgan fingerprint density at radius 3 is 2.63 bits per heavy atom. The van der Waals surface area contributed by atoms with Gasteiger partial charge in [-0.25, -0.2) is 4.99 Å². The summed E-state index contributed by atoms with van der Waals surface area (Å²) in [5, 5.41) is 9.33. The maximum Gasteiger partial charge on any atom is 0.221 e. The molecule has 1 fully saturated rings. The number of nitriles is 1. The van der Waals surface area contributed by atoms with E-state index in [0.29, 0.717) is 18.5 Å². The predicted octanol–water partition coefficient (Wildman–Crippen LogP) is 4.53. The van der Waals surface area contributed by atoms with E-state index in [1.807, 2.05) is 48.5 Å². The lowest BCUT2D eigenvalue weighted by Gasteiger charge is -2.32. The number of ether oxygens (including phenoxy) is 1. The molecule has 0 radical (unpaired) electrons. The third-order valence-electron chi connectivity index (χ3n) is 5.41. The number of fused-ring (bicyclic) bond motifs is 2. The number of nitrogens with zero attached hydrogens (tertiary/aromatic N) is 3. The second-order valence-corrected chi connectivity index (χ2v) is 7.11. The largest absolute Gasteiger partial charge is 0.476 e. The monoisotopic (exact) mass is 357 g/mol. The molecular weight excluding hydrogens is 334 g/mol. The molecule has 4 nitrogen and oxygen atoms in total. The summed E-state index contributed by atoms with van der Waals surface area (Å²) in [6.45, 7) is 1.75. The Labute approximate surface area is 160 Å². The third kappa shape index (κ3) is 3.51. The smallest absolute Gasteiger partial charge is 0.221 e. The van der Waals surface area contributed by atoms with E-state index in [4.69, 9.17) is 9.73 Å². The van der Waals surface area contributed by atoms with Gasteiger partial charge in [-0.2, -0.15) is 5.26 Å². The number of allylic oxidation sites excluding steroid dienone is 1. The van der Waals surface area contributed by atoms with Gasteiger partial charge in [-0.1, -0.05) is 42.8 Å². The van der Waals surface area contributed by atoms with Crippen molar-refractivity contribution < 1.29 is 4.74 Å². The van der Waals surface area contributed by atoms with E-state index in [2.05, 4.69) is 18.0 Å². The number of piperidine rings is 1. The number of rotatable bonds is 2. The highest BCUT2D eigenvalue weighted by atomic mass is 16.5. The van der Waals surface area contributed by atoms with Crippen LogP contribution in [0.5, 0.6) is 0 Å². The topological polar surface area (TPSA) is 48.6 Å². The summed E-state index contributed by atoms with van der Waals surface area (Å²) in [6.07, 6.45) is 5.26. The van der Waals surface area contributed by atoms with Gasteiger partial charge >= 0.3 is 0 Å². The first-order chi connectivity index (χ1) is 13.3. The summed E-state index contributed by atoms with van der Waals surface area (Å²) in [4.78, 5) is 7.22. The minimum Gasteiger partial charge on any atom is -0.476 e. The lowest BCUT2D eigenvalue weighted by atomic mass is 9.94. The highest BCUT2D eigenvalue weighted by Gasteiger charge is 2.24. The molecule has 1 saturated heterocycles. The molecule has 0 N–H and O–H groups in total. The van der Waals surface area contributed by atoms with Gasteiger partial charge in [0.2, 0.25) is 5.90 Å². The van der Waals surface area contributed by atoms with Crippen LogP contribution in [0, 0.1) is 11.3 Å². The molecule has 2 aromatic carbocycles. The van der Waals surface area contributed by atoms with Crippen LogP contribution in [0.15, 0.2) is 59.6 Å². The summed E-state index contributed by atoms with van der Waals surface area (Å²) in [5.41, 5.74) is 4.61. The quantitative estimate of drug-likeness (QED) is 0.742. The van der Waals surface area contributed by atoms with E-state index in [1.165, 1.54) is 12.8 Å². The Kier molecular flexibility index (Phi) is 5.04. The van der Waals surface area contributed by atoms with Crippen LogP contribution in [0.4, 0.5) is 5.69 Å². The maximum absolute atomic E-state index is 9.33. The molecule has 0 aromatic heterocycles. The number of para-hydroxylation sites is 1. The standard InChI is InChI=1S/C23H23N3O/c1-26-15-7-6-8-17(26)16-27-23-21-11-3-2-9-18(21)19(13-14-24)20-10-4-5-12-22(20)25-23/h2-5,9-13,17H,6-8,15-16H2,1H3/b19-13+. The number of likely N-dealkylation sites (tertiary alicyclic amines) is 1. The fourth-order valence-electron chi connectivity index (χ4n) is 3.88. The van der Waals surface area contributed by atoms with E-state index in [-0.39, 0.29) is 0 Å². The summed E-state index contributed by atoms with van der Waals surface area (Å²) in [6, 6.07) is 18.6. The van der Waals surface area contributed by atoms with Crippen molar-refractivity contribution in [3.05, 3.63) is 71.3 Å². The van der Waals surface area contributed by atoms with Gasteiger partial charge in [0.1, 0.15) is 6.61 Å². The number of aliphatic imine (C=N–C) groups is 1. The zero-order valence-corrected chi connectivity index (χ0v) is 15.6. The molecule has 2 aromatic rings. The van der Waals surface area contributed by atoms with Crippen LogP contribution in [-0.4, -0.2) is 37.0 Å². The van der Waals surface area contributed by atoms with E-state index < -0.39 is 0 Å². The Morgan fingerprint density at radius 1 is 1.11 bits per heavy atom. The van der Waals surface area contributed by atoms with Crippen molar-refractivity contribution in [1.29, 1.82) is 5.26 Å². The fourth-order valence-corrected chi connectivity index (χ4v) is 3.88. The molecule has 27 heavy (non-hydrogen) atoms. The van der Waals surface area contributed by atoms with E-state index in [0.717, 1.165) is 40.9 Å². The molecular formula is C23H23N3O. The fraction of sp³-hybridized carbons (Fsp3) is 0.304. The molecule has 2 heterocycles. The zero-order chi connectivity index (χ0) is 18.6. The summed E-state index contributed by atoms with van der Waals surface area (Å²) >= 11 is 0. The van der Waals surface area contributed by atoms with Gasteiger partial charge in [-0.3, -0.25) is 0 Å². The molecule has 0 saturated carbocycles. The highest BCUT2D eigenvalue weighted by molar-refractivity contribution is 6.06. The van der Waals surface area contributed by atoms with Crippen molar-refractivity contribution in [2.75, 3.05) is 20.2 Å².